The molecule has 1 unspecified atom stereocenters. The van der Waals surface area contributed by atoms with Crippen LogP contribution in [0.4, 0.5) is 0 Å². The third kappa shape index (κ3) is 8.88. The Morgan fingerprint density at radius 3 is 2.27 bits per heavy atom. The van der Waals surface area contributed by atoms with Crippen molar-refractivity contribution < 1.29 is 29.1 Å². The van der Waals surface area contributed by atoms with Gasteiger partial charge in [0.2, 0.25) is 11.8 Å². The first-order valence-electron chi connectivity index (χ1n) is 14.9. The van der Waals surface area contributed by atoms with E-state index in [1.165, 1.54) is 44.7 Å². The number of hydrogen-bond donors (Lipinski definition) is 2. The van der Waals surface area contributed by atoms with E-state index in [-0.39, 0.29) is 43.4 Å². The summed E-state index contributed by atoms with van der Waals surface area (Å²) in [6.45, 7) is 8.23. The van der Waals surface area contributed by atoms with Gasteiger partial charge >= 0.3 is 204 Å². The number of aromatic nitrogens is 2. The summed E-state index contributed by atoms with van der Waals surface area (Å²) >= 11 is -2.73. The minimum atomic E-state index is -2.73. The van der Waals surface area contributed by atoms with Crippen molar-refractivity contribution in [2.45, 2.75) is 105 Å². The van der Waals surface area contributed by atoms with Gasteiger partial charge in [-0.2, -0.15) is 0 Å². The number of unbranched alkanes of at least 4 members (excludes halogenated alkanes) is 2. The second-order valence-electron chi connectivity index (χ2n) is 11.0. The van der Waals surface area contributed by atoms with E-state index in [0.29, 0.717) is 6.54 Å². The standard InChI is InChI=1S/C16H19N2O5.C6H10N2.2C4H9.Sn/c19-13(17-11-10-12-4-2-1-3-5-12)6-9-16(23-22)18-14(20)7-8-15(18)21;1-3-8-5-4-7(2)6-8;2*1-3-4-2;/h2-5,16,22H,6-11H2,(H,17,19);4-6H,2-3H2,1H3;2*1,3-4H2,2H3;/q;+1;;;. The molecular weight excluding hydrogens is 615 g/mol. The number of aryl methyl sites for hydroxylation is 1. The topological polar surface area (TPSA) is 105 Å². The van der Waals surface area contributed by atoms with Crippen LogP contribution in [0.15, 0.2) is 43.0 Å². The molecule has 1 aromatic carbocycles. The molecule has 40 heavy (non-hydrogen) atoms. The van der Waals surface area contributed by atoms with E-state index in [4.69, 9.17) is 5.26 Å². The Labute approximate surface area is 242 Å². The van der Waals surface area contributed by atoms with Crippen molar-refractivity contribution in [3.8, 4) is 0 Å². The average Bonchev–Trinajstić information content (AvgIpc) is 3.56. The Bertz CT molecular complexity index is 1080. The monoisotopic (exact) mass is 663 g/mol. The van der Waals surface area contributed by atoms with Gasteiger partial charge in [0.15, 0.2) is 0 Å². The summed E-state index contributed by atoms with van der Waals surface area (Å²) in [6.07, 6.45) is 11.6. The van der Waals surface area contributed by atoms with Gasteiger partial charge in [-0.05, 0) is 0 Å². The molecule has 1 aliphatic heterocycles. The van der Waals surface area contributed by atoms with Crippen LogP contribution in [0.3, 0.4) is 0 Å². The molecule has 1 aromatic heterocycles. The third-order valence-electron chi connectivity index (χ3n) is 8.03. The molecule has 9 nitrogen and oxygen atoms in total. The summed E-state index contributed by atoms with van der Waals surface area (Å²) in [7, 11) is 0. The van der Waals surface area contributed by atoms with E-state index in [1.807, 2.05) is 0 Å². The van der Waals surface area contributed by atoms with E-state index in [2.05, 4.69) is 83.1 Å². The number of likely N-dealkylation sites (tertiary alicyclic amines) is 1. The second-order valence-corrected chi connectivity index (χ2v) is 23.7. The molecule has 0 bridgehead atoms. The molecular formula is C30H47N4O5Sn+. The molecule has 0 spiro atoms. The summed E-state index contributed by atoms with van der Waals surface area (Å²) in [4.78, 5) is 41.4. The van der Waals surface area contributed by atoms with E-state index in [9.17, 15) is 14.4 Å². The summed E-state index contributed by atoms with van der Waals surface area (Å²) in [5, 5.41) is 12.1. The predicted molar refractivity (Wildman–Crippen MR) is 156 cm³/mol. The Morgan fingerprint density at radius 1 is 1.07 bits per heavy atom. The van der Waals surface area contributed by atoms with Crippen LogP contribution in [0.5, 0.6) is 0 Å². The molecule has 0 aliphatic carbocycles. The van der Waals surface area contributed by atoms with Crippen LogP contribution in [-0.4, -0.2) is 63.6 Å². The van der Waals surface area contributed by atoms with Crippen LogP contribution < -0.4 is 13.5 Å². The van der Waals surface area contributed by atoms with Gasteiger partial charge in [0.25, 0.3) is 0 Å². The van der Waals surface area contributed by atoms with Gasteiger partial charge in [0.1, 0.15) is 0 Å². The minimum absolute atomic E-state index is 0.0461. The van der Waals surface area contributed by atoms with Gasteiger partial charge in [-0.25, -0.2) is 5.26 Å². The molecule has 1 aliphatic rings. The van der Waals surface area contributed by atoms with Crippen LogP contribution in [-0.2, 0) is 36.8 Å². The number of nitrogens with zero attached hydrogens (tertiary/aromatic N) is 3. The van der Waals surface area contributed by atoms with Gasteiger partial charge in [0.05, 0.1) is 0 Å². The van der Waals surface area contributed by atoms with Crippen LogP contribution in [0.2, 0.25) is 8.87 Å². The SMILES string of the molecule is CCC[CH2][Sn]([CH2]CCC)([CH2][n+]1ccn(CC)c1)[c]1ccc(CCNC(=O)CCC(OO)N2C(=O)CCC2=O)cc1. The van der Waals surface area contributed by atoms with Gasteiger partial charge in [-0.1, -0.05) is 0 Å². The molecule has 3 rings (SSSR count). The van der Waals surface area contributed by atoms with Crippen molar-refractivity contribution in [2.75, 3.05) is 6.54 Å². The van der Waals surface area contributed by atoms with Crippen molar-refractivity contribution in [3.05, 3.63) is 48.5 Å². The molecule has 10 heteroatoms. The van der Waals surface area contributed by atoms with Crippen molar-refractivity contribution in [2.24, 2.45) is 0 Å². The zero-order valence-electron chi connectivity index (χ0n) is 24.4. The predicted octanol–water partition coefficient (Wildman–Crippen LogP) is 3.69. The molecule has 0 saturated carbocycles. The zero-order valence-corrected chi connectivity index (χ0v) is 27.3. The van der Waals surface area contributed by atoms with Crippen molar-refractivity contribution >= 4 is 39.7 Å². The number of benzene rings is 1. The van der Waals surface area contributed by atoms with Crippen molar-refractivity contribution in [1.82, 2.24) is 14.8 Å². The Morgan fingerprint density at radius 2 is 1.73 bits per heavy atom. The van der Waals surface area contributed by atoms with Crippen LogP contribution in [0.25, 0.3) is 0 Å². The summed E-state index contributed by atoms with van der Waals surface area (Å²) < 4.78 is 10.1. The van der Waals surface area contributed by atoms with Crippen molar-refractivity contribution in [3.63, 3.8) is 0 Å². The van der Waals surface area contributed by atoms with E-state index < -0.39 is 24.6 Å². The fourth-order valence-electron chi connectivity index (χ4n) is 5.62. The summed E-state index contributed by atoms with van der Waals surface area (Å²) in [6, 6.07) is 9.19. The van der Waals surface area contributed by atoms with E-state index in [1.54, 1.807) is 3.58 Å². The zero-order chi connectivity index (χ0) is 29.0. The fraction of sp³-hybridized carbons (Fsp3) is 0.600. The quantitative estimate of drug-likeness (QED) is 0.0834. The molecule has 220 valence electrons. The number of hydrogen-bond acceptors (Lipinski definition) is 5. The third-order valence-corrected chi connectivity index (χ3v) is 22.7. The van der Waals surface area contributed by atoms with Gasteiger partial charge in [-0.15, -0.1) is 0 Å². The summed E-state index contributed by atoms with van der Waals surface area (Å²) in [5.74, 6) is -0.976. The number of carbonyl (C=O) groups excluding carboxylic acids is 3. The van der Waals surface area contributed by atoms with Crippen LogP contribution in [0, 0.1) is 0 Å². The van der Waals surface area contributed by atoms with Crippen molar-refractivity contribution in [1.29, 1.82) is 0 Å². The molecule has 3 amide bonds. The Kier molecular flexibility index (Phi) is 13.1. The molecule has 2 aromatic rings. The molecule has 2 heterocycles. The first-order chi connectivity index (χ1) is 19.4. The summed E-state index contributed by atoms with van der Waals surface area (Å²) in [5.41, 5.74) is 1.19. The Balaban J connectivity index is 1.59. The van der Waals surface area contributed by atoms with Gasteiger partial charge in [-0.3, -0.25) is 9.59 Å². The molecule has 2 N–H and O–H groups in total. The average molecular weight is 662 g/mol. The number of amides is 3. The van der Waals surface area contributed by atoms with E-state index in [0.717, 1.165) is 17.9 Å². The maximum atomic E-state index is 12.4. The second kappa shape index (κ2) is 16.3. The molecule has 1 fully saturated rings. The first kappa shape index (κ1) is 32.3. The maximum absolute atomic E-state index is 12.4. The number of imide groups is 1. The molecule has 1 atom stereocenters. The first-order valence-corrected chi connectivity index (χ1v) is 22.4. The number of imidazole rings is 1. The number of nitrogens with one attached hydrogen (secondary N) is 1. The fourth-order valence-corrected chi connectivity index (χ4v) is 20.3. The molecule has 0 radical (unpaired) electrons. The van der Waals surface area contributed by atoms with Crippen LogP contribution >= 0.6 is 0 Å². The molecule has 1 saturated heterocycles. The van der Waals surface area contributed by atoms with Crippen LogP contribution in [0.1, 0.15) is 77.7 Å². The normalized spacial score (nSPS) is 14.7. The Hall–Kier alpha value is -2.24. The van der Waals surface area contributed by atoms with E-state index >= 15 is 0 Å². The number of carbonyl (C=O) groups is 3. The number of rotatable bonds is 18. The van der Waals surface area contributed by atoms with Gasteiger partial charge < -0.3 is 0 Å². The van der Waals surface area contributed by atoms with Gasteiger partial charge in [0, 0.05) is 12.8 Å².